The van der Waals surface area contributed by atoms with Gasteiger partial charge in [-0.05, 0) is 45.0 Å². The molecule has 126 valence electrons. The van der Waals surface area contributed by atoms with Gasteiger partial charge in [0, 0.05) is 25.3 Å². The molecular formula is C16H27Cl2N3O. The van der Waals surface area contributed by atoms with Crippen LogP contribution < -0.4 is 5.32 Å². The lowest BCUT2D eigenvalue weighted by Crippen LogP contribution is -2.42. The molecule has 0 bridgehead atoms. The van der Waals surface area contributed by atoms with Crippen molar-refractivity contribution >= 4 is 36.4 Å². The number of nitrogens with one attached hydrogen (secondary N) is 1. The van der Waals surface area contributed by atoms with Crippen molar-refractivity contribution in [3.8, 4) is 0 Å². The quantitative estimate of drug-likeness (QED) is 0.889. The van der Waals surface area contributed by atoms with Crippen molar-refractivity contribution in [2.45, 2.75) is 12.8 Å². The molecule has 1 amide bonds. The molecule has 0 aliphatic carbocycles. The maximum absolute atomic E-state index is 12.2. The monoisotopic (exact) mass is 347 g/mol. The lowest BCUT2D eigenvalue weighted by atomic mass is 9.96. The third-order valence-electron chi connectivity index (χ3n) is 3.81. The molecule has 1 heterocycles. The molecule has 0 atom stereocenters. The Bertz CT molecular complexity index is 421. The predicted octanol–water partition coefficient (Wildman–Crippen LogP) is 2.74. The van der Waals surface area contributed by atoms with E-state index in [-0.39, 0.29) is 30.7 Å². The van der Waals surface area contributed by atoms with Crippen LogP contribution >= 0.6 is 24.8 Å². The maximum Gasteiger partial charge on any atom is 0.241 e. The van der Waals surface area contributed by atoms with Crippen molar-refractivity contribution < 1.29 is 4.79 Å². The Balaban J connectivity index is 0.00000220. The molecule has 1 aliphatic rings. The highest BCUT2D eigenvalue weighted by atomic mass is 35.5. The van der Waals surface area contributed by atoms with Gasteiger partial charge in [0.1, 0.15) is 0 Å². The van der Waals surface area contributed by atoms with Crippen molar-refractivity contribution in [2.24, 2.45) is 5.92 Å². The summed E-state index contributed by atoms with van der Waals surface area (Å²) in [6.07, 6.45) is 2.24. The van der Waals surface area contributed by atoms with Crippen molar-refractivity contribution in [1.29, 1.82) is 0 Å². The van der Waals surface area contributed by atoms with Crippen LogP contribution in [0.3, 0.4) is 0 Å². The Morgan fingerprint density at radius 2 is 1.77 bits per heavy atom. The van der Waals surface area contributed by atoms with Crippen LogP contribution in [0.1, 0.15) is 12.8 Å². The lowest BCUT2D eigenvalue weighted by Gasteiger charge is -2.33. The number of halogens is 2. The molecule has 4 nitrogen and oxygen atoms in total. The van der Waals surface area contributed by atoms with Crippen LogP contribution in [0.25, 0.3) is 0 Å². The van der Waals surface area contributed by atoms with E-state index in [4.69, 9.17) is 0 Å². The number of amides is 1. The molecule has 0 unspecified atom stereocenters. The maximum atomic E-state index is 12.2. The molecule has 0 spiro atoms. The lowest BCUT2D eigenvalue weighted by molar-refractivity contribution is -0.130. The molecule has 1 fully saturated rings. The fourth-order valence-corrected chi connectivity index (χ4v) is 2.73. The largest absolute Gasteiger partial charge is 0.376 e. The van der Waals surface area contributed by atoms with Gasteiger partial charge in [0.15, 0.2) is 0 Å². The van der Waals surface area contributed by atoms with Crippen LogP contribution in [0.5, 0.6) is 0 Å². The highest BCUT2D eigenvalue weighted by Gasteiger charge is 2.22. The van der Waals surface area contributed by atoms with Gasteiger partial charge in [-0.1, -0.05) is 18.2 Å². The third-order valence-corrected chi connectivity index (χ3v) is 3.81. The highest BCUT2D eigenvalue weighted by molar-refractivity contribution is 5.85. The molecule has 0 saturated carbocycles. The first kappa shape index (κ1) is 21.0. The SMILES string of the molecule is CN(C)CC1CCN(C(=O)CNc2ccccc2)CC1.Cl.Cl. The van der Waals surface area contributed by atoms with Gasteiger partial charge in [-0.25, -0.2) is 0 Å². The van der Waals surface area contributed by atoms with Crippen molar-refractivity contribution in [3.05, 3.63) is 30.3 Å². The van der Waals surface area contributed by atoms with Gasteiger partial charge in [-0.2, -0.15) is 0 Å². The summed E-state index contributed by atoms with van der Waals surface area (Å²) < 4.78 is 0. The van der Waals surface area contributed by atoms with Gasteiger partial charge in [-0.15, -0.1) is 24.8 Å². The molecule has 2 rings (SSSR count). The topological polar surface area (TPSA) is 35.6 Å². The molecule has 1 saturated heterocycles. The van der Waals surface area contributed by atoms with E-state index < -0.39 is 0 Å². The fraction of sp³-hybridized carbons (Fsp3) is 0.562. The first-order valence-corrected chi connectivity index (χ1v) is 7.36. The van der Waals surface area contributed by atoms with E-state index >= 15 is 0 Å². The molecule has 6 heteroatoms. The second-order valence-electron chi connectivity index (χ2n) is 5.81. The summed E-state index contributed by atoms with van der Waals surface area (Å²) in [5.41, 5.74) is 1.00. The number of anilines is 1. The minimum Gasteiger partial charge on any atom is -0.376 e. The van der Waals surface area contributed by atoms with E-state index in [0.29, 0.717) is 6.54 Å². The minimum absolute atomic E-state index is 0. The second kappa shape index (κ2) is 10.7. The second-order valence-corrected chi connectivity index (χ2v) is 5.81. The molecule has 1 aliphatic heterocycles. The number of carbonyl (C=O) groups excluding carboxylic acids is 1. The number of carbonyl (C=O) groups is 1. The fourth-order valence-electron chi connectivity index (χ4n) is 2.73. The van der Waals surface area contributed by atoms with E-state index in [9.17, 15) is 4.79 Å². The third kappa shape index (κ3) is 6.86. The number of para-hydroxylation sites is 1. The summed E-state index contributed by atoms with van der Waals surface area (Å²) in [5.74, 6) is 0.938. The summed E-state index contributed by atoms with van der Waals surface area (Å²) in [6, 6.07) is 9.88. The van der Waals surface area contributed by atoms with Crippen molar-refractivity contribution in [1.82, 2.24) is 9.80 Å². The zero-order valence-electron chi connectivity index (χ0n) is 13.3. The minimum atomic E-state index is 0. The van der Waals surface area contributed by atoms with E-state index in [1.54, 1.807) is 0 Å². The summed E-state index contributed by atoms with van der Waals surface area (Å²) in [5, 5.41) is 3.19. The Morgan fingerprint density at radius 1 is 1.18 bits per heavy atom. The summed E-state index contributed by atoms with van der Waals surface area (Å²) in [4.78, 5) is 16.4. The van der Waals surface area contributed by atoms with Crippen LogP contribution in [0.4, 0.5) is 5.69 Å². The van der Waals surface area contributed by atoms with Gasteiger partial charge in [0.25, 0.3) is 0 Å². The first-order valence-electron chi connectivity index (χ1n) is 7.36. The Morgan fingerprint density at radius 3 is 2.32 bits per heavy atom. The van der Waals surface area contributed by atoms with Crippen molar-refractivity contribution in [3.63, 3.8) is 0 Å². The molecule has 0 radical (unpaired) electrons. The average molecular weight is 348 g/mol. The normalized spacial score (nSPS) is 15.0. The highest BCUT2D eigenvalue weighted by Crippen LogP contribution is 2.17. The number of hydrogen-bond donors (Lipinski definition) is 1. The van der Waals surface area contributed by atoms with E-state index in [1.165, 1.54) is 0 Å². The number of hydrogen-bond acceptors (Lipinski definition) is 3. The zero-order valence-corrected chi connectivity index (χ0v) is 15.0. The van der Waals surface area contributed by atoms with Crippen molar-refractivity contribution in [2.75, 3.05) is 45.6 Å². The van der Waals surface area contributed by atoms with E-state index in [1.807, 2.05) is 35.2 Å². The zero-order chi connectivity index (χ0) is 14.4. The summed E-state index contributed by atoms with van der Waals surface area (Å²) in [6.45, 7) is 3.31. The molecule has 1 aromatic carbocycles. The summed E-state index contributed by atoms with van der Waals surface area (Å²) in [7, 11) is 4.22. The van der Waals surface area contributed by atoms with Crippen LogP contribution in [-0.2, 0) is 4.79 Å². The van der Waals surface area contributed by atoms with Gasteiger partial charge < -0.3 is 15.1 Å². The number of likely N-dealkylation sites (tertiary alicyclic amines) is 1. The van der Waals surface area contributed by atoms with Gasteiger partial charge >= 0.3 is 0 Å². The number of piperidine rings is 1. The molecule has 1 aromatic rings. The smallest absolute Gasteiger partial charge is 0.241 e. The Hall–Kier alpha value is -0.970. The Kier molecular flexibility index (Phi) is 10.2. The number of nitrogens with zero attached hydrogens (tertiary/aromatic N) is 2. The van der Waals surface area contributed by atoms with Gasteiger partial charge in [0.2, 0.25) is 5.91 Å². The standard InChI is InChI=1S/C16H25N3O.2ClH/c1-18(2)13-14-8-10-19(11-9-14)16(20)12-17-15-6-4-3-5-7-15;;/h3-7,14,17H,8-13H2,1-2H3;2*1H. The Labute approximate surface area is 146 Å². The number of benzene rings is 1. The predicted molar refractivity (Wildman–Crippen MR) is 97.3 cm³/mol. The molecular weight excluding hydrogens is 321 g/mol. The summed E-state index contributed by atoms with van der Waals surface area (Å²) >= 11 is 0. The van der Waals surface area contributed by atoms with E-state index in [2.05, 4.69) is 24.3 Å². The van der Waals surface area contributed by atoms with Gasteiger partial charge in [0.05, 0.1) is 6.54 Å². The molecule has 1 N–H and O–H groups in total. The van der Waals surface area contributed by atoms with E-state index in [0.717, 1.165) is 44.1 Å². The van der Waals surface area contributed by atoms with Crippen LogP contribution in [0, 0.1) is 5.92 Å². The molecule has 0 aromatic heterocycles. The molecule has 22 heavy (non-hydrogen) atoms. The first-order chi connectivity index (χ1) is 9.65. The van der Waals surface area contributed by atoms with Crippen LogP contribution in [0.2, 0.25) is 0 Å². The van der Waals surface area contributed by atoms with Gasteiger partial charge in [-0.3, -0.25) is 4.79 Å². The number of rotatable bonds is 5. The average Bonchev–Trinajstić information content (AvgIpc) is 2.46. The van der Waals surface area contributed by atoms with Crippen LogP contribution in [0.15, 0.2) is 30.3 Å². The van der Waals surface area contributed by atoms with Crippen LogP contribution in [-0.4, -0.2) is 56.0 Å².